The standard InChI is InChI=1S/C19H16N4OS/c1-11-5-7-14(12(2)20-11)19(24)21-13-6-8-15-16(10-13)23-18(22-15)17-4-3-9-25-17/h3-10H,1-2H3,(H,21,24)(H,22,23). The first-order valence-electron chi connectivity index (χ1n) is 7.89. The number of carbonyl (C=O) groups is 1. The van der Waals surface area contributed by atoms with Gasteiger partial charge in [-0.25, -0.2) is 4.98 Å². The topological polar surface area (TPSA) is 70.7 Å². The number of aromatic nitrogens is 3. The molecule has 3 heterocycles. The monoisotopic (exact) mass is 348 g/mol. The van der Waals surface area contributed by atoms with Crippen LogP contribution >= 0.6 is 11.3 Å². The molecule has 3 aromatic heterocycles. The van der Waals surface area contributed by atoms with Gasteiger partial charge in [0.25, 0.3) is 5.91 Å². The second-order valence-corrected chi connectivity index (χ2v) is 6.78. The minimum Gasteiger partial charge on any atom is -0.337 e. The molecule has 0 fully saturated rings. The molecular formula is C19H16N4OS. The van der Waals surface area contributed by atoms with Crippen LogP contribution in [0, 0.1) is 13.8 Å². The van der Waals surface area contributed by atoms with Crippen LogP contribution in [0.25, 0.3) is 21.7 Å². The SMILES string of the molecule is Cc1ccc(C(=O)Nc2ccc3nc(-c4cccs4)[nH]c3c2)c(C)n1. The summed E-state index contributed by atoms with van der Waals surface area (Å²) in [6.45, 7) is 3.75. The van der Waals surface area contributed by atoms with E-state index in [1.807, 2.05) is 55.6 Å². The minimum absolute atomic E-state index is 0.164. The van der Waals surface area contributed by atoms with E-state index in [0.29, 0.717) is 5.56 Å². The molecule has 25 heavy (non-hydrogen) atoms. The van der Waals surface area contributed by atoms with Gasteiger partial charge in [-0.2, -0.15) is 0 Å². The number of pyridine rings is 1. The first-order valence-corrected chi connectivity index (χ1v) is 8.77. The molecule has 0 aliphatic rings. The Morgan fingerprint density at radius 1 is 1.12 bits per heavy atom. The van der Waals surface area contributed by atoms with Gasteiger partial charge in [0.05, 0.1) is 27.2 Å². The number of fused-ring (bicyclic) bond motifs is 1. The molecule has 124 valence electrons. The number of nitrogens with one attached hydrogen (secondary N) is 2. The average molecular weight is 348 g/mol. The Bertz CT molecular complexity index is 1070. The summed E-state index contributed by atoms with van der Waals surface area (Å²) in [6.07, 6.45) is 0. The van der Waals surface area contributed by atoms with Crippen molar-refractivity contribution in [3.8, 4) is 10.7 Å². The molecule has 0 unspecified atom stereocenters. The molecule has 0 bridgehead atoms. The van der Waals surface area contributed by atoms with E-state index in [1.165, 1.54) is 0 Å². The van der Waals surface area contributed by atoms with Gasteiger partial charge in [-0.05, 0) is 55.6 Å². The first-order chi connectivity index (χ1) is 12.1. The fourth-order valence-corrected chi connectivity index (χ4v) is 3.41. The lowest BCUT2D eigenvalue weighted by Crippen LogP contribution is -2.14. The smallest absolute Gasteiger partial charge is 0.257 e. The van der Waals surface area contributed by atoms with E-state index in [0.717, 1.165) is 38.8 Å². The van der Waals surface area contributed by atoms with Crippen molar-refractivity contribution in [1.82, 2.24) is 15.0 Å². The van der Waals surface area contributed by atoms with Crippen molar-refractivity contribution >= 4 is 34.0 Å². The van der Waals surface area contributed by atoms with Crippen molar-refractivity contribution in [3.63, 3.8) is 0 Å². The normalized spacial score (nSPS) is 11.0. The van der Waals surface area contributed by atoms with Gasteiger partial charge in [0, 0.05) is 11.4 Å². The highest BCUT2D eigenvalue weighted by Gasteiger charge is 2.12. The summed E-state index contributed by atoms with van der Waals surface area (Å²) < 4.78 is 0. The van der Waals surface area contributed by atoms with Gasteiger partial charge in [-0.1, -0.05) is 6.07 Å². The maximum atomic E-state index is 12.5. The number of rotatable bonds is 3. The predicted molar refractivity (Wildman–Crippen MR) is 101 cm³/mol. The number of aryl methyl sites for hydroxylation is 2. The fraction of sp³-hybridized carbons (Fsp3) is 0.105. The summed E-state index contributed by atoms with van der Waals surface area (Å²) in [5, 5.41) is 4.95. The molecule has 0 aliphatic heterocycles. The minimum atomic E-state index is -0.164. The van der Waals surface area contributed by atoms with Gasteiger partial charge in [0.1, 0.15) is 5.82 Å². The zero-order valence-electron chi connectivity index (χ0n) is 13.8. The van der Waals surface area contributed by atoms with Gasteiger partial charge < -0.3 is 10.3 Å². The van der Waals surface area contributed by atoms with Crippen LogP contribution in [0.15, 0.2) is 47.8 Å². The summed E-state index contributed by atoms with van der Waals surface area (Å²) in [4.78, 5) is 25.8. The lowest BCUT2D eigenvalue weighted by Gasteiger charge is -2.07. The Hall–Kier alpha value is -2.99. The van der Waals surface area contributed by atoms with Crippen molar-refractivity contribution < 1.29 is 4.79 Å². The number of imidazole rings is 1. The van der Waals surface area contributed by atoms with Crippen LogP contribution in [-0.4, -0.2) is 20.9 Å². The summed E-state index contributed by atoms with van der Waals surface area (Å²) >= 11 is 1.64. The van der Waals surface area contributed by atoms with Gasteiger partial charge >= 0.3 is 0 Å². The van der Waals surface area contributed by atoms with Crippen molar-refractivity contribution in [2.75, 3.05) is 5.32 Å². The molecule has 0 radical (unpaired) electrons. The molecule has 4 aromatic rings. The van der Waals surface area contributed by atoms with Gasteiger partial charge in [0.15, 0.2) is 0 Å². The zero-order chi connectivity index (χ0) is 17.4. The molecule has 5 nitrogen and oxygen atoms in total. The highest BCUT2D eigenvalue weighted by atomic mass is 32.1. The first kappa shape index (κ1) is 15.5. The van der Waals surface area contributed by atoms with Crippen LogP contribution in [0.2, 0.25) is 0 Å². The number of nitrogens with zero attached hydrogens (tertiary/aromatic N) is 2. The maximum Gasteiger partial charge on any atom is 0.257 e. The van der Waals surface area contributed by atoms with E-state index in [1.54, 1.807) is 17.4 Å². The third-order valence-corrected chi connectivity index (χ3v) is 4.84. The number of anilines is 1. The van der Waals surface area contributed by atoms with Crippen molar-refractivity contribution in [3.05, 3.63) is 64.8 Å². The summed E-state index contributed by atoms with van der Waals surface area (Å²) in [5.74, 6) is 0.675. The average Bonchev–Trinajstić information content (AvgIpc) is 3.23. The van der Waals surface area contributed by atoms with E-state index in [-0.39, 0.29) is 5.91 Å². The van der Waals surface area contributed by atoms with Crippen LogP contribution < -0.4 is 5.32 Å². The number of thiophene rings is 1. The molecule has 1 aromatic carbocycles. The number of carbonyl (C=O) groups excluding carboxylic acids is 1. The Morgan fingerprint density at radius 2 is 2.00 bits per heavy atom. The second kappa shape index (κ2) is 6.14. The predicted octanol–water partition coefficient (Wildman–Crippen LogP) is 4.56. The van der Waals surface area contributed by atoms with Gasteiger partial charge in [-0.15, -0.1) is 11.3 Å². The van der Waals surface area contributed by atoms with E-state index < -0.39 is 0 Å². The molecule has 0 saturated heterocycles. The number of benzene rings is 1. The lowest BCUT2D eigenvalue weighted by atomic mass is 10.1. The highest BCUT2D eigenvalue weighted by Crippen LogP contribution is 2.26. The van der Waals surface area contributed by atoms with E-state index in [2.05, 4.69) is 20.3 Å². The van der Waals surface area contributed by atoms with E-state index in [4.69, 9.17) is 0 Å². The van der Waals surface area contributed by atoms with E-state index >= 15 is 0 Å². The van der Waals surface area contributed by atoms with Crippen LogP contribution in [0.3, 0.4) is 0 Å². The molecule has 2 N–H and O–H groups in total. The molecule has 0 spiro atoms. The van der Waals surface area contributed by atoms with Crippen LogP contribution in [0.4, 0.5) is 5.69 Å². The van der Waals surface area contributed by atoms with Crippen molar-refractivity contribution in [2.24, 2.45) is 0 Å². The highest BCUT2D eigenvalue weighted by molar-refractivity contribution is 7.13. The number of H-pyrrole nitrogens is 1. The Morgan fingerprint density at radius 3 is 2.76 bits per heavy atom. The quantitative estimate of drug-likeness (QED) is 0.570. The van der Waals surface area contributed by atoms with Gasteiger partial charge in [0.2, 0.25) is 0 Å². The van der Waals surface area contributed by atoms with Crippen LogP contribution in [0.5, 0.6) is 0 Å². The summed E-state index contributed by atoms with van der Waals surface area (Å²) in [6, 6.07) is 13.3. The third-order valence-electron chi connectivity index (χ3n) is 3.96. The molecule has 0 saturated carbocycles. The van der Waals surface area contributed by atoms with Crippen molar-refractivity contribution in [2.45, 2.75) is 13.8 Å². The number of aromatic amines is 1. The summed E-state index contributed by atoms with van der Waals surface area (Å²) in [5.41, 5.74) is 4.68. The lowest BCUT2D eigenvalue weighted by molar-refractivity contribution is 0.102. The molecule has 6 heteroatoms. The van der Waals surface area contributed by atoms with Crippen LogP contribution in [-0.2, 0) is 0 Å². The Balaban J connectivity index is 1.62. The second-order valence-electron chi connectivity index (χ2n) is 5.83. The summed E-state index contributed by atoms with van der Waals surface area (Å²) in [7, 11) is 0. The molecule has 1 amide bonds. The fourth-order valence-electron chi connectivity index (χ4n) is 2.74. The molecular weight excluding hydrogens is 332 g/mol. The molecule has 0 atom stereocenters. The third kappa shape index (κ3) is 3.04. The molecule has 4 rings (SSSR count). The maximum absolute atomic E-state index is 12.5. The Kier molecular flexibility index (Phi) is 3.82. The zero-order valence-corrected chi connectivity index (χ0v) is 14.6. The van der Waals surface area contributed by atoms with Crippen LogP contribution in [0.1, 0.15) is 21.7 Å². The van der Waals surface area contributed by atoms with E-state index in [9.17, 15) is 4.79 Å². The number of hydrogen-bond donors (Lipinski definition) is 2. The Labute approximate surface area is 148 Å². The van der Waals surface area contributed by atoms with Gasteiger partial charge in [-0.3, -0.25) is 9.78 Å². The largest absolute Gasteiger partial charge is 0.337 e. The molecule has 0 aliphatic carbocycles. The number of amides is 1. The van der Waals surface area contributed by atoms with Crippen molar-refractivity contribution in [1.29, 1.82) is 0 Å². The number of hydrogen-bond acceptors (Lipinski definition) is 4.